The maximum atomic E-state index is 12.4. The van der Waals surface area contributed by atoms with Crippen LogP contribution in [0.15, 0.2) is 54.6 Å². The summed E-state index contributed by atoms with van der Waals surface area (Å²) in [6.07, 6.45) is 1.12. The molecule has 2 atom stereocenters. The summed E-state index contributed by atoms with van der Waals surface area (Å²) in [7, 11) is 0. The van der Waals surface area contributed by atoms with E-state index in [1.807, 2.05) is 30.3 Å². The van der Waals surface area contributed by atoms with Gasteiger partial charge in [0.05, 0.1) is 5.56 Å². The molecule has 0 bridgehead atoms. The van der Waals surface area contributed by atoms with Crippen molar-refractivity contribution in [2.24, 2.45) is 11.8 Å². The average molecular weight is 367 g/mol. The molecule has 142 valence electrons. The highest BCUT2D eigenvalue weighted by molar-refractivity contribution is 5.91. The second-order valence-electron chi connectivity index (χ2n) is 7.26. The Bertz CT molecular complexity index is 780. The van der Waals surface area contributed by atoms with E-state index in [0.717, 1.165) is 19.5 Å². The second-order valence-corrected chi connectivity index (χ2v) is 7.26. The molecule has 3 rings (SSSR count). The van der Waals surface area contributed by atoms with Gasteiger partial charge in [0.2, 0.25) is 0 Å². The maximum absolute atomic E-state index is 12.4. The summed E-state index contributed by atoms with van der Waals surface area (Å²) >= 11 is 0. The van der Waals surface area contributed by atoms with Crippen LogP contribution in [0.4, 0.5) is 0 Å². The zero-order valence-electron chi connectivity index (χ0n) is 15.8. The number of para-hydroxylation sites is 1. The number of carbonyl (C=O) groups is 2. The molecule has 27 heavy (non-hydrogen) atoms. The summed E-state index contributed by atoms with van der Waals surface area (Å²) in [5, 5.41) is 0. The molecule has 1 aliphatic heterocycles. The number of rotatable bonds is 5. The minimum atomic E-state index is -0.528. The van der Waals surface area contributed by atoms with Gasteiger partial charge in [0, 0.05) is 13.1 Å². The lowest BCUT2D eigenvalue weighted by Gasteiger charge is -2.34. The minimum absolute atomic E-state index is 0.140. The van der Waals surface area contributed by atoms with Crippen LogP contribution in [0.1, 0.15) is 30.6 Å². The first kappa shape index (κ1) is 19.0. The third-order valence-electron chi connectivity index (χ3n) is 4.60. The largest absolute Gasteiger partial charge is 0.457 e. The van der Waals surface area contributed by atoms with Crippen molar-refractivity contribution in [3.63, 3.8) is 0 Å². The highest BCUT2D eigenvalue weighted by Crippen LogP contribution is 2.23. The Balaban J connectivity index is 1.56. The van der Waals surface area contributed by atoms with Crippen molar-refractivity contribution in [3.8, 4) is 11.5 Å². The van der Waals surface area contributed by atoms with Gasteiger partial charge in [-0.1, -0.05) is 38.1 Å². The fourth-order valence-corrected chi connectivity index (χ4v) is 3.48. The number of esters is 1. The number of carbonyl (C=O) groups excluding carboxylic acids is 2. The number of amides is 1. The van der Waals surface area contributed by atoms with E-state index in [4.69, 9.17) is 9.47 Å². The van der Waals surface area contributed by atoms with Gasteiger partial charge in [0.1, 0.15) is 11.5 Å². The lowest BCUT2D eigenvalue weighted by molar-refractivity contribution is -0.137. The Labute approximate surface area is 159 Å². The highest BCUT2D eigenvalue weighted by Gasteiger charge is 2.26. The topological polar surface area (TPSA) is 55.8 Å². The van der Waals surface area contributed by atoms with Crippen LogP contribution in [0.25, 0.3) is 0 Å². The Morgan fingerprint density at radius 1 is 0.963 bits per heavy atom. The van der Waals surface area contributed by atoms with Gasteiger partial charge in [-0.2, -0.15) is 0 Å². The quantitative estimate of drug-likeness (QED) is 0.745. The predicted octanol–water partition coefficient (Wildman–Crippen LogP) is 4.14. The Morgan fingerprint density at radius 2 is 1.63 bits per heavy atom. The normalized spacial score (nSPS) is 19.4. The van der Waals surface area contributed by atoms with E-state index in [9.17, 15) is 9.59 Å². The van der Waals surface area contributed by atoms with Gasteiger partial charge in [-0.15, -0.1) is 0 Å². The van der Waals surface area contributed by atoms with E-state index in [1.165, 1.54) is 0 Å². The van der Waals surface area contributed by atoms with Crippen molar-refractivity contribution in [1.29, 1.82) is 0 Å². The van der Waals surface area contributed by atoms with Crippen LogP contribution in [0, 0.1) is 11.8 Å². The summed E-state index contributed by atoms with van der Waals surface area (Å²) in [5.41, 5.74) is 0.358. The maximum Gasteiger partial charge on any atom is 0.338 e. The van der Waals surface area contributed by atoms with E-state index in [2.05, 4.69) is 13.8 Å². The molecular formula is C22H25NO4. The smallest absolute Gasteiger partial charge is 0.338 e. The number of hydrogen-bond acceptors (Lipinski definition) is 4. The van der Waals surface area contributed by atoms with Crippen LogP contribution >= 0.6 is 0 Å². The number of benzene rings is 2. The minimum Gasteiger partial charge on any atom is -0.457 e. The SMILES string of the molecule is C[C@@H]1C[C@H](C)CN(C(=O)COC(=O)c2cccc(Oc3ccccc3)c2)C1. The molecule has 5 heteroatoms. The van der Waals surface area contributed by atoms with Crippen molar-refractivity contribution in [3.05, 3.63) is 60.2 Å². The van der Waals surface area contributed by atoms with Crippen LogP contribution in [-0.2, 0) is 9.53 Å². The van der Waals surface area contributed by atoms with Gasteiger partial charge < -0.3 is 14.4 Å². The van der Waals surface area contributed by atoms with Crippen molar-refractivity contribution < 1.29 is 19.1 Å². The summed E-state index contributed by atoms with van der Waals surface area (Å²) in [4.78, 5) is 26.5. The summed E-state index contributed by atoms with van der Waals surface area (Å²) < 4.78 is 11.0. The molecular weight excluding hydrogens is 342 g/mol. The van der Waals surface area contributed by atoms with Gasteiger partial charge >= 0.3 is 5.97 Å². The van der Waals surface area contributed by atoms with Crippen molar-refractivity contribution in [2.75, 3.05) is 19.7 Å². The number of nitrogens with zero attached hydrogens (tertiary/aromatic N) is 1. The molecule has 1 saturated heterocycles. The van der Waals surface area contributed by atoms with Crippen LogP contribution in [0.2, 0.25) is 0 Å². The van der Waals surface area contributed by atoms with Gasteiger partial charge in [-0.25, -0.2) is 4.79 Å². The molecule has 1 fully saturated rings. The van der Waals surface area contributed by atoms with Crippen molar-refractivity contribution in [2.45, 2.75) is 20.3 Å². The number of piperidine rings is 1. The van der Waals surface area contributed by atoms with Crippen LogP contribution in [0.5, 0.6) is 11.5 Å². The Morgan fingerprint density at radius 3 is 2.33 bits per heavy atom. The number of hydrogen-bond donors (Lipinski definition) is 0. The lowest BCUT2D eigenvalue weighted by Crippen LogP contribution is -2.44. The molecule has 0 aromatic heterocycles. The first-order valence-corrected chi connectivity index (χ1v) is 9.29. The molecule has 0 radical (unpaired) electrons. The van der Waals surface area contributed by atoms with Crippen LogP contribution < -0.4 is 4.74 Å². The molecule has 1 amide bonds. The molecule has 0 unspecified atom stereocenters. The summed E-state index contributed by atoms with van der Waals surface area (Å²) in [6, 6.07) is 16.1. The molecule has 0 saturated carbocycles. The molecule has 2 aromatic carbocycles. The van der Waals surface area contributed by atoms with Gasteiger partial charge in [-0.05, 0) is 48.6 Å². The number of likely N-dealkylation sites (tertiary alicyclic amines) is 1. The zero-order valence-corrected chi connectivity index (χ0v) is 15.8. The summed E-state index contributed by atoms with van der Waals surface area (Å²) in [6.45, 7) is 5.49. The molecule has 1 heterocycles. The Kier molecular flexibility index (Phi) is 6.12. The molecule has 2 aromatic rings. The molecule has 0 aliphatic carbocycles. The van der Waals surface area contributed by atoms with E-state index in [0.29, 0.717) is 28.9 Å². The third kappa shape index (κ3) is 5.33. The van der Waals surface area contributed by atoms with Gasteiger partial charge in [-0.3, -0.25) is 4.79 Å². The monoisotopic (exact) mass is 367 g/mol. The molecule has 1 aliphatic rings. The first-order valence-electron chi connectivity index (χ1n) is 9.29. The molecule has 0 N–H and O–H groups in total. The fraction of sp³-hybridized carbons (Fsp3) is 0.364. The molecule has 0 spiro atoms. The number of ether oxygens (including phenoxy) is 2. The van der Waals surface area contributed by atoms with Crippen molar-refractivity contribution in [1.82, 2.24) is 4.90 Å². The summed E-state index contributed by atoms with van der Waals surface area (Å²) in [5.74, 6) is 1.51. The van der Waals surface area contributed by atoms with E-state index >= 15 is 0 Å². The van der Waals surface area contributed by atoms with Crippen LogP contribution in [-0.4, -0.2) is 36.5 Å². The third-order valence-corrected chi connectivity index (χ3v) is 4.60. The Hall–Kier alpha value is -2.82. The zero-order chi connectivity index (χ0) is 19.2. The first-order chi connectivity index (χ1) is 13.0. The average Bonchev–Trinajstić information content (AvgIpc) is 2.66. The van der Waals surface area contributed by atoms with Crippen LogP contribution in [0.3, 0.4) is 0 Å². The highest BCUT2D eigenvalue weighted by atomic mass is 16.5. The predicted molar refractivity (Wildman–Crippen MR) is 103 cm³/mol. The standard InChI is InChI=1S/C22H25NO4/c1-16-11-17(2)14-23(13-16)21(24)15-26-22(25)18-7-6-10-20(12-18)27-19-8-4-3-5-9-19/h3-10,12,16-17H,11,13-15H2,1-2H3/t16-,17+. The molecule has 5 nitrogen and oxygen atoms in total. The van der Waals surface area contributed by atoms with E-state index in [1.54, 1.807) is 29.2 Å². The van der Waals surface area contributed by atoms with E-state index in [-0.39, 0.29) is 12.5 Å². The van der Waals surface area contributed by atoms with Crippen molar-refractivity contribution >= 4 is 11.9 Å². The van der Waals surface area contributed by atoms with Gasteiger partial charge in [0.25, 0.3) is 5.91 Å². The second kappa shape index (κ2) is 8.71. The van der Waals surface area contributed by atoms with E-state index < -0.39 is 5.97 Å². The fourth-order valence-electron chi connectivity index (χ4n) is 3.48. The lowest BCUT2D eigenvalue weighted by atomic mass is 9.92. The van der Waals surface area contributed by atoms with Gasteiger partial charge in [0.15, 0.2) is 6.61 Å².